The van der Waals surface area contributed by atoms with E-state index in [0.717, 1.165) is 25.0 Å². The van der Waals surface area contributed by atoms with E-state index in [1.165, 1.54) is 6.08 Å². The van der Waals surface area contributed by atoms with Gasteiger partial charge in [-0.1, -0.05) is 41.9 Å². The van der Waals surface area contributed by atoms with Gasteiger partial charge in [0.05, 0.1) is 17.4 Å². The van der Waals surface area contributed by atoms with Gasteiger partial charge in [-0.3, -0.25) is 9.59 Å². The summed E-state index contributed by atoms with van der Waals surface area (Å²) < 4.78 is 5.51. The fourth-order valence-electron chi connectivity index (χ4n) is 2.85. The van der Waals surface area contributed by atoms with Crippen molar-refractivity contribution in [1.29, 1.82) is 0 Å². The normalized spacial score (nSPS) is 16.4. The number of hydrogen-bond acceptors (Lipinski definition) is 3. The van der Waals surface area contributed by atoms with Crippen molar-refractivity contribution in [2.45, 2.75) is 18.9 Å². The van der Waals surface area contributed by atoms with Gasteiger partial charge < -0.3 is 15.4 Å². The molecule has 0 spiro atoms. The Kier molecular flexibility index (Phi) is 6.63. The number of ether oxygens (including phenoxy) is 1. The van der Waals surface area contributed by atoms with Gasteiger partial charge in [-0.2, -0.15) is 0 Å². The number of carbonyl (C=O) groups is 2. The minimum absolute atomic E-state index is 0.0641. The van der Waals surface area contributed by atoms with E-state index in [1.807, 2.05) is 18.2 Å². The zero-order valence-electron chi connectivity index (χ0n) is 14.8. The van der Waals surface area contributed by atoms with Crippen LogP contribution in [-0.4, -0.2) is 31.1 Å². The summed E-state index contributed by atoms with van der Waals surface area (Å²) in [5.41, 5.74) is 1.61. The van der Waals surface area contributed by atoms with Crippen molar-refractivity contribution in [3.63, 3.8) is 0 Å². The summed E-state index contributed by atoms with van der Waals surface area (Å²) in [4.78, 5) is 24.7. The van der Waals surface area contributed by atoms with Crippen molar-refractivity contribution >= 4 is 35.2 Å². The van der Waals surface area contributed by atoms with Crippen molar-refractivity contribution < 1.29 is 14.3 Å². The molecule has 1 saturated heterocycles. The average molecular weight is 385 g/mol. The first-order valence-corrected chi connectivity index (χ1v) is 9.24. The number of hydrogen-bond donors (Lipinski definition) is 2. The van der Waals surface area contributed by atoms with Gasteiger partial charge in [-0.25, -0.2) is 0 Å². The van der Waals surface area contributed by atoms with Gasteiger partial charge in [-0.15, -0.1) is 0 Å². The summed E-state index contributed by atoms with van der Waals surface area (Å²) in [6.07, 6.45) is 5.06. The van der Waals surface area contributed by atoms with E-state index in [0.29, 0.717) is 22.8 Å². The Morgan fingerprint density at radius 3 is 2.70 bits per heavy atom. The second kappa shape index (κ2) is 9.35. The maximum absolute atomic E-state index is 12.5. The fraction of sp³-hybridized carbons (Fsp3) is 0.238. The van der Waals surface area contributed by atoms with E-state index in [1.54, 1.807) is 36.4 Å². The highest BCUT2D eigenvalue weighted by molar-refractivity contribution is 6.32. The Labute approximate surface area is 163 Å². The summed E-state index contributed by atoms with van der Waals surface area (Å²) >= 11 is 6.08. The molecule has 1 aliphatic rings. The number of amides is 2. The van der Waals surface area contributed by atoms with E-state index in [2.05, 4.69) is 10.6 Å². The lowest BCUT2D eigenvalue weighted by Gasteiger charge is -2.13. The monoisotopic (exact) mass is 384 g/mol. The van der Waals surface area contributed by atoms with Crippen molar-refractivity contribution in [3.05, 3.63) is 70.8 Å². The van der Waals surface area contributed by atoms with Crippen molar-refractivity contribution in [2.24, 2.45) is 0 Å². The molecule has 1 fully saturated rings. The predicted octanol–water partition coefficient (Wildman–Crippen LogP) is 3.90. The van der Waals surface area contributed by atoms with E-state index in [-0.39, 0.29) is 17.9 Å². The van der Waals surface area contributed by atoms with Crippen LogP contribution in [0.2, 0.25) is 5.02 Å². The van der Waals surface area contributed by atoms with E-state index in [9.17, 15) is 9.59 Å². The molecule has 140 valence electrons. The smallest absolute Gasteiger partial charge is 0.253 e. The van der Waals surface area contributed by atoms with E-state index >= 15 is 0 Å². The van der Waals surface area contributed by atoms with Crippen molar-refractivity contribution in [1.82, 2.24) is 5.32 Å². The van der Waals surface area contributed by atoms with Crippen LogP contribution in [0.5, 0.6) is 0 Å². The van der Waals surface area contributed by atoms with Crippen LogP contribution in [0.4, 0.5) is 5.69 Å². The summed E-state index contributed by atoms with van der Waals surface area (Å²) in [7, 11) is 0. The molecule has 0 bridgehead atoms. The van der Waals surface area contributed by atoms with Crippen molar-refractivity contribution in [3.8, 4) is 0 Å². The van der Waals surface area contributed by atoms with Crippen LogP contribution >= 0.6 is 11.6 Å². The lowest BCUT2D eigenvalue weighted by Crippen LogP contribution is -2.32. The van der Waals surface area contributed by atoms with Crippen LogP contribution in [0, 0.1) is 0 Å². The third-order valence-electron chi connectivity index (χ3n) is 4.26. The number of nitrogens with one attached hydrogen (secondary N) is 2. The Bertz CT molecular complexity index is 845. The molecule has 1 heterocycles. The first kappa shape index (κ1) is 19.1. The molecular formula is C21H21ClN2O3. The van der Waals surface area contributed by atoms with Crippen LogP contribution < -0.4 is 10.6 Å². The maximum Gasteiger partial charge on any atom is 0.253 e. The quantitative estimate of drug-likeness (QED) is 0.742. The second-order valence-corrected chi connectivity index (χ2v) is 6.64. The zero-order chi connectivity index (χ0) is 19.1. The molecule has 5 nitrogen and oxygen atoms in total. The predicted molar refractivity (Wildman–Crippen MR) is 107 cm³/mol. The SMILES string of the molecule is O=C(/C=C/c1ccccc1Cl)Nc1ccccc1C(=O)NC[C@H]1CCCO1. The zero-order valence-corrected chi connectivity index (χ0v) is 15.5. The second-order valence-electron chi connectivity index (χ2n) is 6.23. The lowest BCUT2D eigenvalue weighted by molar-refractivity contribution is -0.111. The average Bonchev–Trinajstić information content (AvgIpc) is 3.19. The number of halogens is 1. The van der Waals surface area contributed by atoms with Crippen LogP contribution in [0.15, 0.2) is 54.6 Å². The topological polar surface area (TPSA) is 67.4 Å². The largest absolute Gasteiger partial charge is 0.376 e. The highest BCUT2D eigenvalue weighted by atomic mass is 35.5. The van der Waals surface area contributed by atoms with Crippen LogP contribution in [0.3, 0.4) is 0 Å². The van der Waals surface area contributed by atoms with Gasteiger partial charge in [0, 0.05) is 24.3 Å². The molecule has 6 heteroatoms. The summed E-state index contributed by atoms with van der Waals surface area (Å²) in [5.74, 6) is -0.578. The molecule has 2 aromatic rings. The van der Waals surface area contributed by atoms with Gasteiger partial charge in [0.15, 0.2) is 0 Å². The molecule has 0 aliphatic carbocycles. The first-order chi connectivity index (χ1) is 13.1. The highest BCUT2D eigenvalue weighted by Gasteiger charge is 2.18. The van der Waals surface area contributed by atoms with Crippen LogP contribution in [0.25, 0.3) is 6.08 Å². The summed E-state index contributed by atoms with van der Waals surface area (Å²) in [6, 6.07) is 14.1. The van der Waals surface area contributed by atoms with E-state index < -0.39 is 0 Å². The first-order valence-electron chi connectivity index (χ1n) is 8.86. The van der Waals surface area contributed by atoms with Crippen LogP contribution in [0.1, 0.15) is 28.8 Å². The van der Waals surface area contributed by atoms with Gasteiger partial charge in [0.2, 0.25) is 5.91 Å². The van der Waals surface area contributed by atoms with Crippen molar-refractivity contribution in [2.75, 3.05) is 18.5 Å². The van der Waals surface area contributed by atoms with E-state index in [4.69, 9.17) is 16.3 Å². The highest BCUT2D eigenvalue weighted by Crippen LogP contribution is 2.18. The molecule has 2 aromatic carbocycles. The molecule has 0 unspecified atom stereocenters. The molecule has 2 amide bonds. The fourth-order valence-corrected chi connectivity index (χ4v) is 3.05. The molecule has 0 aromatic heterocycles. The third-order valence-corrected chi connectivity index (χ3v) is 4.61. The number of benzene rings is 2. The van der Waals surface area contributed by atoms with Gasteiger partial charge in [0.1, 0.15) is 0 Å². The molecule has 2 N–H and O–H groups in total. The Morgan fingerprint density at radius 1 is 1.15 bits per heavy atom. The molecule has 1 atom stereocenters. The third kappa shape index (κ3) is 5.42. The summed E-state index contributed by atoms with van der Waals surface area (Å²) in [6.45, 7) is 1.21. The molecular weight excluding hydrogens is 364 g/mol. The Morgan fingerprint density at radius 2 is 1.93 bits per heavy atom. The maximum atomic E-state index is 12.5. The Balaban J connectivity index is 1.63. The Hall–Kier alpha value is -2.63. The molecule has 3 rings (SSSR count). The minimum Gasteiger partial charge on any atom is -0.376 e. The molecule has 1 aliphatic heterocycles. The summed E-state index contributed by atoms with van der Waals surface area (Å²) in [5, 5.41) is 6.18. The minimum atomic E-state index is -0.339. The van der Waals surface area contributed by atoms with Crippen LogP contribution in [-0.2, 0) is 9.53 Å². The van der Waals surface area contributed by atoms with Gasteiger partial charge in [0.25, 0.3) is 5.91 Å². The molecule has 27 heavy (non-hydrogen) atoms. The molecule has 0 radical (unpaired) electrons. The van der Waals surface area contributed by atoms with Gasteiger partial charge in [-0.05, 0) is 42.7 Å². The molecule has 0 saturated carbocycles. The number of anilines is 1. The standard InChI is InChI=1S/C21H21ClN2O3/c22-18-9-3-1-6-15(18)11-12-20(25)24-19-10-4-2-8-17(19)21(26)23-14-16-7-5-13-27-16/h1-4,6,8-12,16H,5,7,13-14H2,(H,23,26)(H,24,25)/b12-11+/t16-/m1/s1. The van der Waals surface area contributed by atoms with Gasteiger partial charge >= 0.3 is 0 Å². The number of carbonyl (C=O) groups excluding carboxylic acids is 2. The number of rotatable bonds is 6. The lowest BCUT2D eigenvalue weighted by atomic mass is 10.1. The number of para-hydroxylation sites is 1.